The Hall–Kier alpha value is -0.690. The first-order valence-electron chi connectivity index (χ1n) is 6.05. The maximum Gasteiger partial charge on any atom is 0.0426 e. The van der Waals surface area contributed by atoms with Gasteiger partial charge in [0.15, 0.2) is 0 Å². The standard InChI is InChI=1S/C14H20ClN/c1-4-10-5-6-12(15)7-13(10)16-9-11-8-14(11,2)3/h5-7,11,16H,4,8-9H2,1-3H3. The summed E-state index contributed by atoms with van der Waals surface area (Å²) in [5.74, 6) is 0.816. The molecule has 2 rings (SSSR count). The lowest BCUT2D eigenvalue weighted by Crippen LogP contribution is -2.08. The van der Waals surface area contributed by atoms with E-state index in [-0.39, 0.29) is 0 Å². The van der Waals surface area contributed by atoms with Gasteiger partial charge in [-0.1, -0.05) is 38.4 Å². The molecule has 1 aromatic carbocycles. The van der Waals surface area contributed by atoms with E-state index in [1.165, 1.54) is 17.7 Å². The van der Waals surface area contributed by atoms with Crippen LogP contribution in [0.4, 0.5) is 5.69 Å². The van der Waals surface area contributed by atoms with E-state index in [2.05, 4.69) is 32.2 Å². The van der Waals surface area contributed by atoms with Gasteiger partial charge in [0, 0.05) is 17.3 Å². The van der Waals surface area contributed by atoms with Crippen LogP contribution in [0.5, 0.6) is 0 Å². The van der Waals surface area contributed by atoms with Crippen LogP contribution in [0.15, 0.2) is 18.2 Å². The minimum absolute atomic E-state index is 0.540. The molecule has 1 saturated carbocycles. The Labute approximate surface area is 103 Å². The molecule has 1 unspecified atom stereocenters. The highest BCUT2D eigenvalue weighted by Gasteiger charge is 2.44. The molecular formula is C14H20ClN. The predicted molar refractivity (Wildman–Crippen MR) is 71.2 cm³/mol. The second-order valence-electron chi connectivity index (χ2n) is 5.43. The van der Waals surface area contributed by atoms with Crippen molar-refractivity contribution in [1.29, 1.82) is 0 Å². The lowest BCUT2D eigenvalue weighted by molar-refractivity contribution is 0.573. The summed E-state index contributed by atoms with van der Waals surface area (Å²) < 4.78 is 0. The van der Waals surface area contributed by atoms with Gasteiger partial charge in [0.1, 0.15) is 0 Å². The van der Waals surface area contributed by atoms with Crippen LogP contribution in [0.1, 0.15) is 32.8 Å². The van der Waals surface area contributed by atoms with Crippen LogP contribution in [-0.4, -0.2) is 6.54 Å². The average Bonchev–Trinajstić information content (AvgIpc) is 2.84. The molecule has 16 heavy (non-hydrogen) atoms. The molecule has 0 heterocycles. The van der Waals surface area contributed by atoms with Crippen LogP contribution in [0, 0.1) is 11.3 Å². The summed E-state index contributed by atoms with van der Waals surface area (Å²) in [4.78, 5) is 0. The van der Waals surface area contributed by atoms with Crippen LogP contribution in [0.3, 0.4) is 0 Å². The molecule has 1 aliphatic carbocycles. The minimum Gasteiger partial charge on any atom is -0.384 e. The molecule has 1 N–H and O–H groups in total. The molecule has 1 nitrogen and oxygen atoms in total. The van der Waals surface area contributed by atoms with Crippen molar-refractivity contribution in [1.82, 2.24) is 0 Å². The van der Waals surface area contributed by atoms with E-state index in [9.17, 15) is 0 Å². The van der Waals surface area contributed by atoms with Gasteiger partial charge in [-0.25, -0.2) is 0 Å². The summed E-state index contributed by atoms with van der Waals surface area (Å²) in [5.41, 5.74) is 3.10. The van der Waals surface area contributed by atoms with Crippen molar-refractivity contribution in [3.8, 4) is 0 Å². The minimum atomic E-state index is 0.540. The van der Waals surface area contributed by atoms with Gasteiger partial charge in [-0.2, -0.15) is 0 Å². The third kappa shape index (κ3) is 2.52. The Kier molecular flexibility index (Phi) is 3.16. The van der Waals surface area contributed by atoms with Gasteiger partial charge in [-0.05, 0) is 41.9 Å². The SMILES string of the molecule is CCc1ccc(Cl)cc1NCC1CC1(C)C. The van der Waals surface area contributed by atoms with Gasteiger partial charge < -0.3 is 5.32 Å². The zero-order valence-electron chi connectivity index (χ0n) is 10.3. The number of hydrogen-bond donors (Lipinski definition) is 1. The van der Waals surface area contributed by atoms with Gasteiger partial charge >= 0.3 is 0 Å². The fourth-order valence-corrected chi connectivity index (χ4v) is 2.35. The predicted octanol–water partition coefficient (Wildman–Crippen LogP) is 4.36. The third-order valence-electron chi connectivity index (χ3n) is 3.71. The molecule has 1 fully saturated rings. The topological polar surface area (TPSA) is 12.0 Å². The van der Waals surface area contributed by atoms with Crippen LogP contribution in [0.2, 0.25) is 5.02 Å². The molecule has 2 heteroatoms. The summed E-state index contributed by atoms with van der Waals surface area (Å²) >= 11 is 6.02. The molecule has 0 radical (unpaired) electrons. The molecule has 0 amide bonds. The number of aryl methyl sites for hydroxylation is 1. The largest absolute Gasteiger partial charge is 0.384 e. The molecular weight excluding hydrogens is 218 g/mol. The Bertz CT molecular complexity index is 384. The van der Waals surface area contributed by atoms with Gasteiger partial charge in [-0.15, -0.1) is 0 Å². The van der Waals surface area contributed by atoms with Crippen molar-refractivity contribution >= 4 is 17.3 Å². The van der Waals surface area contributed by atoms with E-state index in [0.717, 1.165) is 23.9 Å². The Morgan fingerprint density at radius 1 is 1.44 bits per heavy atom. The number of nitrogens with one attached hydrogen (secondary N) is 1. The Morgan fingerprint density at radius 2 is 2.12 bits per heavy atom. The quantitative estimate of drug-likeness (QED) is 0.821. The first-order valence-corrected chi connectivity index (χ1v) is 6.43. The summed E-state index contributed by atoms with van der Waals surface area (Å²) in [5, 5.41) is 4.35. The number of hydrogen-bond acceptors (Lipinski definition) is 1. The maximum atomic E-state index is 6.02. The van der Waals surface area contributed by atoms with E-state index in [1.807, 2.05) is 12.1 Å². The van der Waals surface area contributed by atoms with Crippen molar-refractivity contribution in [3.63, 3.8) is 0 Å². The average molecular weight is 238 g/mol. The lowest BCUT2D eigenvalue weighted by atomic mass is 10.1. The summed E-state index contributed by atoms with van der Waals surface area (Å²) in [6.45, 7) is 7.91. The molecule has 88 valence electrons. The molecule has 0 aliphatic heterocycles. The maximum absolute atomic E-state index is 6.02. The van der Waals surface area contributed by atoms with Crippen LogP contribution < -0.4 is 5.32 Å². The van der Waals surface area contributed by atoms with Crippen LogP contribution in [-0.2, 0) is 6.42 Å². The normalized spacial score (nSPS) is 21.9. The first kappa shape index (κ1) is 11.8. The molecule has 0 spiro atoms. The zero-order valence-corrected chi connectivity index (χ0v) is 11.1. The lowest BCUT2D eigenvalue weighted by Gasteiger charge is -2.12. The van der Waals surface area contributed by atoms with E-state index in [1.54, 1.807) is 0 Å². The number of halogens is 1. The Balaban J connectivity index is 2.00. The van der Waals surface area contributed by atoms with Crippen molar-refractivity contribution in [2.75, 3.05) is 11.9 Å². The Morgan fingerprint density at radius 3 is 2.69 bits per heavy atom. The molecule has 1 atom stereocenters. The van der Waals surface area contributed by atoms with Crippen LogP contribution >= 0.6 is 11.6 Å². The number of anilines is 1. The fourth-order valence-electron chi connectivity index (χ4n) is 2.18. The summed E-state index contributed by atoms with van der Waals surface area (Å²) in [6.07, 6.45) is 2.38. The first-order chi connectivity index (χ1) is 7.53. The smallest absolute Gasteiger partial charge is 0.0426 e. The number of benzene rings is 1. The molecule has 0 saturated heterocycles. The van der Waals surface area contributed by atoms with Gasteiger partial charge in [0.05, 0.1) is 0 Å². The fraction of sp³-hybridized carbons (Fsp3) is 0.571. The highest BCUT2D eigenvalue weighted by molar-refractivity contribution is 6.30. The van der Waals surface area contributed by atoms with Crippen molar-refractivity contribution in [3.05, 3.63) is 28.8 Å². The monoisotopic (exact) mass is 237 g/mol. The second kappa shape index (κ2) is 4.29. The van der Waals surface area contributed by atoms with E-state index in [4.69, 9.17) is 11.6 Å². The van der Waals surface area contributed by atoms with Crippen molar-refractivity contribution in [2.45, 2.75) is 33.6 Å². The summed E-state index contributed by atoms with van der Waals surface area (Å²) in [6, 6.07) is 6.12. The number of rotatable bonds is 4. The molecule has 0 aromatic heterocycles. The van der Waals surface area contributed by atoms with E-state index >= 15 is 0 Å². The van der Waals surface area contributed by atoms with Crippen molar-refractivity contribution in [2.24, 2.45) is 11.3 Å². The molecule has 1 aliphatic rings. The zero-order chi connectivity index (χ0) is 11.8. The van der Waals surface area contributed by atoms with Crippen LogP contribution in [0.25, 0.3) is 0 Å². The van der Waals surface area contributed by atoms with Gasteiger partial charge in [-0.3, -0.25) is 0 Å². The highest BCUT2D eigenvalue weighted by atomic mass is 35.5. The van der Waals surface area contributed by atoms with E-state index < -0.39 is 0 Å². The summed E-state index contributed by atoms with van der Waals surface area (Å²) in [7, 11) is 0. The second-order valence-corrected chi connectivity index (χ2v) is 5.86. The molecule has 1 aromatic rings. The van der Waals surface area contributed by atoms with Crippen molar-refractivity contribution < 1.29 is 0 Å². The van der Waals surface area contributed by atoms with Gasteiger partial charge in [0.25, 0.3) is 0 Å². The third-order valence-corrected chi connectivity index (χ3v) is 3.94. The van der Waals surface area contributed by atoms with E-state index in [0.29, 0.717) is 5.41 Å². The highest BCUT2D eigenvalue weighted by Crippen LogP contribution is 2.51. The van der Waals surface area contributed by atoms with Gasteiger partial charge in [0.2, 0.25) is 0 Å². The molecule has 0 bridgehead atoms.